The Morgan fingerprint density at radius 2 is 1.86 bits per heavy atom. The second kappa shape index (κ2) is 6.25. The summed E-state index contributed by atoms with van der Waals surface area (Å²) in [5, 5.41) is 2.79. The van der Waals surface area contributed by atoms with Gasteiger partial charge in [-0.1, -0.05) is 0 Å². The smallest absolute Gasteiger partial charge is 0.391 e. The number of nitrogens with one attached hydrogen (secondary N) is 1. The van der Waals surface area contributed by atoms with Crippen LogP contribution in [0.4, 0.5) is 18.9 Å². The number of carbonyl (C=O) groups is 1. The number of amides is 1. The molecule has 7 heteroatoms. The highest BCUT2D eigenvalue weighted by Gasteiger charge is 2.41. The van der Waals surface area contributed by atoms with Crippen LogP contribution in [0, 0.1) is 5.92 Å². The van der Waals surface area contributed by atoms with E-state index in [1.165, 1.54) is 0 Å². The number of hydrogen-bond donors (Lipinski definition) is 2. The Hall–Kier alpha value is -1.24. The maximum atomic E-state index is 12.6. The number of anilines is 1. The summed E-state index contributed by atoms with van der Waals surface area (Å²) in [7, 11) is 0. The van der Waals surface area contributed by atoms with E-state index in [1.54, 1.807) is 18.2 Å². The van der Waals surface area contributed by atoms with E-state index in [0.717, 1.165) is 0 Å². The molecule has 0 saturated heterocycles. The molecule has 3 N–H and O–H groups in total. The number of halogens is 4. The van der Waals surface area contributed by atoms with Crippen LogP contribution in [-0.2, 0) is 0 Å². The first-order chi connectivity index (χ1) is 9.77. The van der Waals surface area contributed by atoms with E-state index in [1.807, 2.05) is 0 Å². The van der Waals surface area contributed by atoms with Gasteiger partial charge in [0.05, 0.1) is 5.92 Å². The Bertz CT molecular complexity index is 525. The average Bonchev–Trinajstić information content (AvgIpc) is 2.41. The van der Waals surface area contributed by atoms with E-state index in [0.29, 0.717) is 28.6 Å². The fraction of sp³-hybridized carbons (Fsp3) is 0.500. The van der Waals surface area contributed by atoms with Gasteiger partial charge in [0, 0.05) is 21.8 Å². The largest absolute Gasteiger partial charge is 0.398 e. The van der Waals surface area contributed by atoms with Crippen LogP contribution in [0.1, 0.15) is 36.0 Å². The monoisotopic (exact) mass is 364 g/mol. The quantitative estimate of drug-likeness (QED) is 0.782. The predicted molar refractivity (Wildman–Crippen MR) is 77.8 cm³/mol. The first-order valence-electron chi connectivity index (χ1n) is 6.70. The lowest BCUT2D eigenvalue weighted by molar-refractivity contribution is -0.182. The number of benzene rings is 1. The topological polar surface area (TPSA) is 55.1 Å². The molecule has 1 aromatic carbocycles. The van der Waals surface area contributed by atoms with Crippen molar-refractivity contribution in [2.45, 2.75) is 37.9 Å². The minimum Gasteiger partial charge on any atom is -0.398 e. The molecule has 0 radical (unpaired) electrons. The van der Waals surface area contributed by atoms with E-state index < -0.39 is 12.1 Å². The van der Waals surface area contributed by atoms with E-state index >= 15 is 0 Å². The van der Waals surface area contributed by atoms with Crippen LogP contribution in [0.5, 0.6) is 0 Å². The molecule has 0 unspecified atom stereocenters. The fourth-order valence-corrected chi connectivity index (χ4v) is 2.88. The van der Waals surface area contributed by atoms with Crippen LogP contribution in [0.25, 0.3) is 0 Å². The Morgan fingerprint density at radius 3 is 2.38 bits per heavy atom. The van der Waals surface area contributed by atoms with E-state index in [-0.39, 0.29) is 24.8 Å². The standard InChI is InChI=1S/C14H16BrF3N2O/c15-11-7-8(1-6-12(11)19)13(21)20-10-4-2-9(3-5-10)14(16,17)18/h1,6-7,9-10H,2-5,19H2,(H,20,21). The lowest BCUT2D eigenvalue weighted by Crippen LogP contribution is -2.40. The molecule has 0 spiro atoms. The highest BCUT2D eigenvalue weighted by atomic mass is 79.9. The molecule has 3 nitrogen and oxygen atoms in total. The highest BCUT2D eigenvalue weighted by Crippen LogP contribution is 2.37. The molecule has 1 saturated carbocycles. The molecule has 1 fully saturated rings. The van der Waals surface area contributed by atoms with Crippen LogP contribution in [0.2, 0.25) is 0 Å². The first kappa shape index (κ1) is 16.1. The Kier molecular flexibility index (Phi) is 4.81. The number of hydrogen-bond acceptors (Lipinski definition) is 2. The minimum absolute atomic E-state index is 0.0693. The maximum absolute atomic E-state index is 12.6. The first-order valence-corrected chi connectivity index (χ1v) is 7.49. The molecule has 1 aliphatic carbocycles. The molecule has 0 heterocycles. The molecule has 116 valence electrons. The van der Waals surface area contributed by atoms with Crippen molar-refractivity contribution in [2.75, 3.05) is 5.73 Å². The normalized spacial score (nSPS) is 22.9. The SMILES string of the molecule is Nc1ccc(C(=O)NC2CCC(C(F)(F)F)CC2)cc1Br. The number of alkyl halides is 3. The number of nitrogen functional groups attached to an aromatic ring is 1. The molecule has 21 heavy (non-hydrogen) atoms. The van der Waals surface area contributed by atoms with Crippen molar-refractivity contribution in [3.63, 3.8) is 0 Å². The Balaban J connectivity index is 1.91. The maximum Gasteiger partial charge on any atom is 0.391 e. The van der Waals surface area contributed by atoms with Gasteiger partial charge in [0.15, 0.2) is 0 Å². The van der Waals surface area contributed by atoms with Gasteiger partial charge in [-0.2, -0.15) is 13.2 Å². The molecule has 1 aliphatic rings. The summed E-state index contributed by atoms with van der Waals surface area (Å²) in [5.74, 6) is -1.53. The van der Waals surface area contributed by atoms with Gasteiger partial charge in [-0.25, -0.2) is 0 Å². The van der Waals surface area contributed by atoms with E-state index in [2.05, 4.69) is 21.2 Å². The number of rotatable bonds is 2. The molecule has 1 amide bonds. The van der Waals surface area contributed by atoms with Gasteiger partial charge in [0.1, 0.15) is 0 Å². The second-order valence-electron chi connectivity index (χ2n) is 5.30. The van der Waals surface area contributed by atoms with Gasteiger partial charge < -0.3 is 11.1 Å². The van der Waals surface area contributed by atoms with Crippen LogP contribution in [-0.4, -0.2) is 18.1 Å². The molecule has 0 atom stereocenters. The predicted octanol–water partition coefficient (Wildman–Crippen LogP) is 3.88. The summed E-state index contributed by atoms with van der Waals surface area (Å²) >= 11 is 3.24. The summed E-state index contributed by atoms with van der Waals surface area (Å²) in [5.41, 5.74) is 6.61. The van der Waals surface area contributed by atoms with Crippen molar-refractivity contribution < 1.29 is 18.0 Å². The molecule has 2 rings (SSSR count). The van der Waals surface area contributed by atoms with Crippen molar-refractivity contribution in [3.8, 4) is 0 Å². The zero-order valence-electron chi connectivity index (χ0n) is 11.2. The Morgan fingerprint density at radius 1 is 1.24 bits per heavy atom. The fourth-order valence-electron chi connectivity index (χ4n) is 2.50. The summed E-state index contributed by atoms with van der Waals surface area (Å²) < 4.78 is 38.3. The van der Waals surface area contributed by atoms with Crippen molar-refractivity contribution in [3.05, 3.63) is 28.2 Å². The molecule has 0 bridgehead atoms. The summed E-state index contributed by atoms with van der Waals surface area (Å²) in [6.45, 7) is 0. The summed E-state index contributed by atoms with van der Waals surface area (Å²) in [4.78, 5) is 12.1. The van der Waals surface area contributed by atoms with Gasteiger partial charge in [-0.3, -0.25) is 4.79 Å². The van der Waals surface area contributed by atoms with Crippen LogP contribution in [0.3, 0.4) is 0 Å². The molecular weight excluding hydrogens is 349 g/mol. The summed E-state index contributed by atoms with van der Waals surface area (Å²) in [6.07, 6.45) is -3.28. The van der Waals surface area contributed by atoms with E-state index in [4.69, 9.17) is 5.73 Å². The third-order valence-electron chi connectivity index (χ3n) is 3.79. The average molecular weight is 365 g/mol. The lowest BCUT2D eigenvalue weighted by Gasteiger charge is -2.30. The lowest BCUT2D eigenvalue weighted by atomic mass is 9.85. The molecule has 0 aliphatic heterocycles. The second-order valence-corrected chi connectivity index (χ2v) is 6.15. The van der Waals surface area contributed by atoms with Gasteiger partial charge in [0.25, 0.3) is 5.91 Å². The number of nitrogens with two attached hydrogens (primary N) is 1. The molecule has 1 aromatic rings. The van der Waals surface area contributed by atoms with Crippen LogP contribution >= 0.6 is 15.9 Å². The minimum atomic E-state index is -4.13. The highest BCUT2D eigenvalue weighted by molar-refractivity contribution is 9.10. The van der Waals surface area contributed by atoms with Crippen LogP contribution in [0.15, 0.2) is 22.7 Å². The van der Waals surface area contributed by atoms with E-state index in [9.17, 15) is 18.0 Å². The van der Waals surface area contributed by atoms with Gasteiger partial charge in [0.2, 0.25) is 0 Å². The van der Waals surface area contributed by atoms with Crippen molar-refractivity contribution >= 4 is 27.5 Å². The zero-order valence-corrected chi connectivity index (χ0v) is 12.8. The molecule has 0 aromatic heterocycles. The molecular formula is C14H16BrF3N2O. The van der Waals surface area contributed by atoms with Crippen molar-refractivity contribution in [2.24, 2.45) is 5.92 Å². The number of carbonyl (C=O) groups excluding carboxylic acids is 1. The van der Waals surface area contributed by atoms with Crippen molar-refractivity contribution in [1.82, 2.24) is 5.32 Å². The van der Waals surface area contributed by atoms with Gasteiger partial charge >= 0.3 is 6.18 Å². The third-order valence-corrected chi connectivity index (χ3v) is 4.47. The zero-order chi connectivity index (χ0) is 15.6. The van der Waals surface area contributed by atoms with Gasteiger partial charge in [-0.15, -0.1) is 0 Å². The van der Waals surface area contributed by atoms with Crippen LogP contribution < -0.4 is 11.1 Å². The third kappa shape index (κ3) is 4.12. The van der Waals surface area contributed by atoms with Crippen molar-refractivity contribution in [1.29, 1.82) is 0 Å². The van der Waals surface area contributed by atoms with Gasteiger partial charge in [-0.05, 0) is 59.8 Å². The Labute approximate surface area is 129 Å². The summed E-state index contributed by atoms with van der Waals surface area (Å²) in [6, 6.07) is 4.61.